The summed E-state index contributed by atoms with van der Waals surface area (Å²) in [6.07, 6.45) is 21.2. The predicted molar refractivity (Wildman–Crippen MR) is 465 cm³/mol. The van der Waals surface area contributed by atoms with E-state index in [1.54, 1.807) is 86.4 Å². The molecule has 0 radical (unpaired) electrons. The van der Waals surface area contributed by atoms with Crippen molar-refractivity contribution in [1.82, 2.24) is 109 Å². The van der Waals surface area contributed by atoms with E-state index in [1.807, 2.05) is 168 Å². The van der Waals surface area contributed by atoms with Gasteiger partial charge in [-0.15, -0.1) is 56.7 Å². The van der Waals surface area contributed by atoms with Gasteiger partial charge in [-0.1, -0.05) is 36.4 Å². The van der Waals surface area contributed by atoms with Crippen molar-refractivity contribution >= 4 is 108 Å². The van der Waals surface area contributed by atoms with Gasteiger partial charge in [0.2, 0.25) is 0 Å². The molecule has 582 valence electrons. The Morgan fingerprint density at radius 3 is 1.19 bits per heavy atom. The molecule has 0 aromatic carbocycles. The van der Waals surface area contributed by atoms with E-state index in [4.69, 9.17) is 4.98 Å². The maximum Gasteiger partial charge on any atom is 0.269 e. The normalized spacial score (nSPS) is 11.4. The summed E-state index contributed by atoms with van der Waals surface area (Å²) < 4.78 is 20.3. The van der Waals surface area contributed by atoms with Gasteiger partial charge in [-0.25, -0.2) is 29.3 Å². The molecular weight excluding hydrogens is 1590 g/mol. The number of thiophene rings is 5. The molecular formula is C85H65FN22O5S5. The smallest absolute Gasteiger partial charge is 0.269 e. The van der Waals surface area contributed by atoms with Gasteiger partial charge in [0.05, 0.1) is 39.5 Å². The van der Waals surface area contributed by atoms with Gasteiger partial charge in [0.1, 0.15) is 58.1 Å². The number of hydrogen-bond donors (Lipinski definition) is 5. The fourth-order valence-electron chi connectivity index (χ4n) is 12.7. The number of rotatable bonds is 12. The molecule has 0 aliphatic carbocycles. The van der Waals surface area contributed by atoms with Crippen molar-refractivity contribution in [2.45, 2.75) is 53.8 Å². The number of fused-ring (bicyclic) bond motifs is 5. The first-order valence-corrected chi connectivity index (χ1v) is 40.8. The van der Waals surface area contributed by atoms with E-state index < -0.39 is 6.17 Å². The van der Waals surface area contributed by atoms with E-state index in [-0.39, 0.29) is 33.8 Å². The highest BCUT2D eigenvalue weighted by Crippen LogP contribution is 2.39. The van der Waals surface area contributed by atoms with Crippen molar-refractivity contribution in [3.05, 3.63) is 297 Å². The molecule has 1 atom stereocenters. The van der Waals surface area contributed by atoms with Crippen LogP contribution in [0.2, 0.25) is 0 Å². The van der Waals surface area contributed by atoms with E-state index in [0.29, 0.717) is 114 Å². The first-order chi connectivity index (χ1) is 57.4. The number of nitrogens with one attached hydrogen (secondary N) is 5. The molecule has 0 saturated carbocycles. The number of pyridine rings is 8. The van der Waals surface area contributed by atoms with Crippen LogP contribution in [0.5, 0.6) is 0 Å². The number of H-pyrrole nitrogens is 5. The van der Waals surface area contributed by atoms with E-state index in [9.17, 15) is 28.4 Å². The van der Waals surface area contributed by atoms with E-state index in [2.05, 4.69) is 109 Å². The molecule has 33 heteroatoms. The van der Waals surface area contributed by atoms with Crippen molar-refractivity contribution in [1.29, 1.82) is 0 Å². The van der Waals surface area contributed by atoms with Gasteiger partial charge in [-0.2, -0.15) is 10.2 Å². The molecule has 0 fully saturated rings. The molecule has 0 spiro atoms. The summed E-state index contributed by atoms with van der Waals surface area (Å²) in [5.74, 6) is 2.31. The lowest BCUT2D eigenvalue weighted by Crippen LogP contribution is -2.08. The minimum Gasteiger partial charge on any atom is -0.304 e. The van der Waals surface area contributed by atoms with Gasteiger partial charge >= 0.3 is 0 Å². The SMILES string of the molecule is CC(F)c1cncc(-c2csc3c(=O)[nH]c(-c4ccccn4)nc23)c1.Cc1c(-c2csc3c(=O)[nH]c(-c4ccccn4)nc23)cnn1C.Cc1nn(C(C)C)cc1-c1csc2c(=O)[nH]c(-c3ccccn3)nc12.Cc1sc2c(=O)[nH]c(-c3ccccn3)nc2c1-c1ccncc1.O=c1[nH]c(-c2ccccn2)nc2c(-c3cccnc3)csc12. The Balaban J connectivity index is 0.000000110. The summed E-state index contributed by atoms with van der Waals surface area (Å²) in [7, 11) is 1.90. The van der Waals surface area contributed by atoms with Crippen molar-refractivity contribution in [3.8, 4) is 113 Å². The first-order valence-electron chi connectivity index (χ1n) is 36.5. The Kier molecular flexibility index (Phi) is 22.4. The average molecular weight is 1650 g/mol. The fourth-order valence-corrected chi connectivity index (χ4v) is 17.3. The molecule has 20 aromatic rings. The average Bonchev–Trinajstić information content (AvgIpc) is 1.64. The Labute approximate surface area is 687 Å². The second-order valence-corrected chi connectivity index (χ2v) is 31.5. The molecule has 0 bridgehead atoms. The largest absolute Gasteiger partial charge is 0.304 e. The number of alkyl halides is 1. The maximum absolute atomic E-state index is 13.6. The zero-order chi connectivity index (χ0) is 81.7. The molecule has 20 rings (SSSR count). The van der Waals surface area contributed by atoms with Gasteiger partial charge in [-0.3, -0.25) is 73.2 Å². The number of aromatic amines is 5. The van der Waals surface area contributed by atoms with E-state index in [0.717, 1.165) is 71.9 Å². The van der Waals surface area contributed by atoms with Crippen molar-refractivity contribution in [2.75, 3.05) is 0 Å². The Hall–Kier alpha value is -14.3. The van der Waals surface area contributed by atoms with Crippen molar-refractivity contribution < 1.29 is 4.39 Å². The van der Waals surface area contributed by atoms with Gasteiger partial charge in [-0.05, 0) is 132 Å². The Bertz CT molecular complexity index is 7330. The van der Waals surface area contributed by atoms with E-state index in [1.165, 1.54) is 69.8 Å². The third-order valence-corrected chi connectivity index (χ3v) is 23.7. The van der Waals surface area contributed by atoms with Crippen molar-refractivity contribution in [3.63, 3.8) is 0 Å². The van der Waals surface area contributed by atoms with Crippen LogP contribution in [0.25, 0.3) is 164 Å². The number of aryl methyl sites for hydroxylation is 3. The van der Waals surface area contributed by atoms with Gasteiger partial charge < -0.3 is 24.9 Å². The third-order valence-electron chi connectivity index (χ3n) is 18.7. The minimum absolute atomic E-state index is 0.135. The van der Waals surface area contributed by atoms with Gasteiger partial charge in [0.25, 0.3) is 27.8 Å². The van der Waals surface area contributed by atoms with Crippen LogP contribution in [0, 0.1) is 20.8 Å². The molecule has 5 N–H and O–H groups in total. The number of nitrogens with zero attached hydrogens (tertiary/aromatic N) is 17. The zero-order valence-electron chi connectivity index (χ0n) is 63.6. The molecule has 1 unspecified atom stereocenters. The molecule has 0 saturated heterocycles. The number of halogens is 1. The predicted octanol–water partition coefficient (Wildman–Crippen LogP) is 17.2. The molecule has 118 heavy (non-hydrogen) atoms. The summed E-state index contributed by atoms with van der Waals surface area (Å²) in [4.78, 5) is 134. The van der Waals surface area contributed by atoms with Crippen LogP contribution in [-0.4, -0.2) is 109 Å². The van der Waals surface area contributed by atoms with Gasteiger partial charge in [0, 0.05) is 175 Å². The monoisotopic (exact) mass is 1650 g/mol. The summed E-state index contributed by atoms with van der Waals surface area (Å²) >= 11 is 6.94. The first kappa shape index (κ1) is 77.7. The second kappa shape index (κ2) is 34.1. The van der Waals surface area contributed by atoms with Crippen LogP contribution in [-0.2, 0) is 7.05 Å². The van der Waals surface area contributed by atoms with Crippen LogP contribution in [0.4, 0.5) is 4.39 Å². The summed E-state index contributed by atoms with van der Waals surface area (Å²) in [5.41, 5.74) is 17.4. The summed E-state index contributed by atoms with van der Waals surface area (Å²) in [6, 6.07) is 37.2. The van der Waals surface area contributed by atoms with E-state index >= 15 is 0 Å². The molecule has 27 nitrogen and oxygen atoms in total. The molecule has 0 aliphatic heterocycles. The standard InChI is InChI=1S/C18H13FN4OS.C18H17N5OS.C17H12N4OS.C16H13N5OS.C16H10N4OS/c1-10(19)11-6-12(8-20-7-11)13-9-25-16-15(13)22-17(23-18(16)24)14-4-2-3-5-21-14;1-10(2)23-8-12(11(3)22-23)13-9-25-16-15(13)20-17(21-18(16)24)14-6-4-5-7-19-14;1-10-13(11-5-8-18-9-6-11)14-15(23-10)17(22)21-16(20-14)12-4-2-3-7-19-12;1-9-10(7-18-21(9)2)11-8-23-14-13(11)19-15(20-16(14)22)12-5-3-4-6-17-12;21-16-14-13(11(9-22-14)10-4-3-6-17-8-10)19-15(20-16)12-5-1-2-7-18-12/h2-10H,1H3,(H,22,23,24);4-10H,1-3H3,(H,20,21,24);2-9H,1H3,(H,20,21,22);3-8H,1-2H3,(H,19,20,22);1-9H,(H,19,20,21). The van der Waals surface area contributed by atoms with Crippen LogP contribution in [0.3, 0.4) is 0 Å². The summed E-state index contributed by atoms with van der Waals surface area (Å²) in [5, 5.41) is 16.6. The zero-order valence-corrected chi connectivity index (χ0v) is 67.7. The molecule has 20 aromatic heterocycles. The number of hydrogen-bond acceptors (Lipinski definition) is 25. The highest BCUT2D eigenvalue weighted by molar-refractivity contribution is 7.20. The van der Waals surface area contributed by atoms with Crippen LogP contribution >= 0.6 is 56.7 Å². The van der Waals surface area contributed by atoms with Crippen molar-refractivity contribution in [2.24, 2.45) is 7.05 Å². The lowest BCUT2D eigenvalue weighted by Gasteiger charge is -2.05. The second-order valence-electron chi connectivity index (χ2n) is 26.7. The molecule has 20 heterocycles. The third kappa shape index (κ3) is 16.2. The quantitative estimate of drug-likeness (QED) is 0.0758. The lowest BCUT2D eigenvalue weighted by atomic mass is 10.1. The highest BCUT2D eigenvalue weighted by Gasteiger charge is 2.23. The van der Waals surface area contributed by atoms with Crippen LogP contribution < -0.4 is 27.8 Å². The lowest BCUT2D eigenvalue weighted by molar-refractivity contribution is 0.373. The topological polar surface area (TPSA) is 368 Å². The highest BCUT2D eigenvalue weighted by atomic mass is 32.1. The molecule has 0 amide bonds. The van der Waals surface area contributed by atoms with Crippen LogP contribution in [0.15, 0.2) is 247 Å². The Morgan fingerprint density at radius 2 is 0.797 bits per heavy atom. The Morgan fingerprint density at radius 1 is 0.390 bits per heavy atom. The van der Waals surface area contributed by atoms with Crippen LogP contribution in [0.1, 0.15) is 54.8 Å². The van der Waals surface area contributed by atoms with Gasteiger partial charge in [0.15, 0.2) is 29.1 Å². The maximum atomic E-state index is 13.6. The fraction of sp³-hybridized carbons (Fsp3) is 0.106. The summed E-state index contributed by atoms with van der Waals surface area (Å²) in [6.45, 7) is 11.6. The molecule has 0 aliphatic rings. The minimum atomic E-state index is -1.11. The number of aromatic nitrogens is 22.